The molecule has 0 bridgehead atoms. The van der Waals surface area contributed by atoms with Crippen LogP contribution in [0, 0.1) is 13.8 Å². The maximum absolute atomic E-state index is 4.41. The Morgan fingerprint density at radius 2 is 2.11 bits per heavy atom. The topological polar surface area (TPSA) is 24.9 Å². The quantitative estimate of drug-likeness (QED) is 0.883. The van der Waals surface area contributed by atoms with Crippen LogP contribution >= 0.6 is 11.3 Å². The Morgan fingerprint density at radius 3 is 2.67 bits per heavy atom. The standard InChI is InChI=1S/C15H20N2S/c1-4-8-16-14(15-11(2)7-9-18-15)13-6-5-12(3)17-10-13/h5-7,9-10,14,16H,4,8H2,1-3H3. The summed E-state index contributed by atoms with van der Waals surface area (Å²) in [6.07, 6.45) is 3.13. The van der Waals surface area contributed by atoms with Crippen molar-refractivity contribution in [3.8, 4) is 0 Å². The third-order valence-electron chi connectivity index (χ3n) is 3.03. The van der Waals surface area contributed by atoms with Gasteiger partial charge in [0.2, 0.25) is 0 Å². The van der Waals surface area contributed by atoms with Gasteiger partial charge < -0.3 is 5.32 Å². The number of hydrogen-bond acceptors (Lipinski definition) is 3. The Balaban J connectivity index is 2.30. The molecule has 0 aliphatic carbocycles. The SMILES string of the molecule is CCCNC(c1ccc(C)nc1)c1sccc1C. The van der Waals surface area contributed by atoms with Crippen LogP contribution in [-0.2, 0) is 0 Å². The summed E-state index contributed by atoms with van der Waals surface area (Å²) in [6, 6.07) is 6.72. The Kier molecular flexibility index (Phi) is 4.50. The average molecular weight is 260 g/mol. The van der Waals surface area contributed by atoms with E-state index in [1.54, 1.807) is 0 Å². The number of thiophene rings is 1. The maximum atomic E-state index is 4.41. The molecular weight excluding hydrogens is 240 g/mol. The van der Waals surface area contributed by atoms with Gasteiger partial charge in [-0.15, -0.1) is 11.3 Å². The molecule has 2 heterocycles. The first-order chi connectivity index (χ1) is 8.72. The van der Waals surface area contributed by atoms with E-state index in [1.807, 2.05) is 24.5 Å². The predicted molar refractivity (Wildman–Crippen MR) is 78.2 cm³/mol. The van der Waals surface area contributed by atoms with E-state index in [0.717, 1.165) is 18.7 Å². The van der Waals surface area contributed by atoms with Gasteiger partial charge in [0.05, 0.1) is 6.04 Å². The van der Waals surface area contributed by atoms with Crippen LogP contribution in [0.2, 0.25) is 0 Å². The van der Waals surface area contributed by atoms with Gasteiger partial charge in [0.1, 0.15) is 0 Å². The van der Waals surface area contributed by atoms with Crippen molar-refractivity contribution in [3.05, 3.63) is 51.5 Å². The van der Waals surface area contributed by atoms with E-state index in [4.69, 9.17) is 0 Å². The lowest BCUT2D eigenvalue weighted by Gasteiger charge is -2.18. The normalized spacial score (nSPS) is 12.6. The molecule has 0 aliphatic heterocycles. The second-order valence-corrected chi connectivity index (χ2v) is 5.54. The number of hydrogen-bond donors (Lipinski definition) is 1. The summed E-state index contributed by atoms with van der Waals surface area (Å²) in [5.74, 6) is 0. The Bertz CT molecular complexity index is 487. The third kappa shape index (κ3) is 2.98. The molecule has 1 unspecified atom stereocenters. The van der Waals surface area contributed by atoms with E-state index in [2.05, 4.69) is 47.7 Å². The van der Waals surface area contributed by atoms with Crippen LogP contribution in [0.1, 0.15) is 41.1 Å². The van der Waals surface area contributed by atoms with Crippen molar-refractivity contribution in [1.82, 2.24) is 10.3 Å². The Hall–Kier alpha value is -1.19. The molecule has 0 aromatic carbocycles. The second-order valence-electron chi connectivity index (χ2n) is 4.59. The van der Waals surface area contributed by atoms with E-state index in [-0.39, 0.29) is 6.04 Å². The van der Waals surface area contributed by atoms with Crippen molar-refractivity contribution in [3.63, 3.8) is 0 Å². The highest BCUT2D eigenvalue weighted by Crippen LogP contribution is 2.29. The molecule has 0 spiro atoms. The second kappa shape index (κ2) is 6.12. The van der Waals surface area contributed by atoms with E-state index in [9.17, 15) is 0 Å². The van der Waals surface area contributed by atoms with Crippen LogP contribution in [-0.4, -0.2) is 11.5 Å². The fourth-order valence-electron chi connectivity index (χ4n) is 1.98. The fourth-order valence-corrected chi connectivity index (χ4v) is 3.01. The van der Waals surface area contributed by atoms with Crippen molar-refractivity contribution in [2.45, 2.75) is 33.2 Å². The first kappa shape index (κ1) is 13.2. The molecule has 18 heavy (non-hydrogen) atoms. The fraction of sp³-hybridized carbons (Fsp3) is 0.400. The Labute approximate surface area is 113 Å². The minimum absolute atomic E-state index is 0.276. The van der Waals surface area contributed by atoms with Crippen LogP contribution in [0.15, 0.2) is 29.8 Å². The average Bonchev–Trinajstić information content (AvgIpc) is 2.78. The van der Waals surface area contributed by atoms with Gasteiger partial charge in [0.25, 0.3) is 0 Å². The summed E-state index contributed by atoms with van der Waals surface area (Å²) in [7, 11) is 0. The van der Waals surface area contributed by atoms with Gasteiger partial charge in [0.15, 0.2) is 0 Å². The number of rotatable bonds is 5. The van der Waals surface area contributed by atoms with Gasteiger partial charge in [0, 0.05) is 16.8 Å². The van der Waals surface area contributed by atoms with Crippen LogP contribution in [0.5, 0.6) is 0 Å². The van der Waals surface area contributed by atoms with E-state index in [1.165, 1.54) is 16.0 Å². The van der Waals surface area contributed by atoms with Gasteiger partial charge in [-0.2, -0.15) is 0 Å². The molecule has 2 aromatic rings. The molecule has 1 N–H and O–H groups in total. The third-order valence-corrected chi connectivity index (χ3v) is 4.11. The molecule has 0 saturated heterocycles. The lowest BCUT2D eigenvalue weighted by molar-refractivity contribution is 0.602. The zero-order valence-corrected chi connectivity index (χ0v) is 12.1. The molecule has 1 atom stereocenters. The molecular formula is C15H20N2S. The largest absolute Gasteiger partial charge is 0.306 e. The van der Waals surface area contributed by atoms with Crippen LogP contribution in [0.25, 0.3) is 0 Å². The summed E-state index contributed by atoms with van der Waals surface area (Å²) in [6.45, 7) is 7.41. The van der Waals surface area contributed by atoms with E-state index in [0.29, 0.717) is 0 Å². The summed E-state index contributed by atoms with van der Waals surface area (Å²) in [4.78, 5) is 5.81. The lowest BCUT2D eigenvalue weighted by Crippen LogP contribution is -2.23. The summed E-state index contributed by atoms with van der Waals surface area (Å²) >= 11 is 1.82. The first-order valence-corrected chi connectivity index (χ1v) is 7.30. The number of aromatic nitrogens is 1. The molecule has 96 valence electrons. The van der Waals surface area contributed by atoms with Crippen LogP contribution in [0.3, 0.4) is 0 Å². The van der Waals surface area contributed by atoms with Crippen molar-refractivity contribution < 1.29 is 0 Å². The first-order valence-electron chi connectivity index (χ1n) is 6.42. The highest BCUT2D eigenvalue weighted by atomic mass is 32.1. The van der Waals surface area contributed by atoms with Crippen LogP contribution < -0.4 is 5.32 Å². The molecule has 0 aliphatic rings. The Morgan fingerprint density at radius 1 is 1.28 bits per heavy atom. The monoisotopic (exact) mass is 260 g/mol. The molecule has 3 heteroatoms. The molecule has 0 amide bonds. The van der Waals surface area contributed by atoms with Crippen LogP contribution in [0.4, 0.5) is 0 Å². The number of nitrogens with one attached hydrogen (secondary N) is 1. The number of pyridine rings is 1. The lowest BCUT2D eigenvalue weighted by atomic mass is 10.0. The van der Waals surface area contributed by atoms with Crippen molar-refractivity contribution >= 4 is 11.3 Å². The summed E-state index contributed by atoms with van der Waals surface area (Å²) < 4.78 is 0. The highest BCUT2D eigenvalue weighted by molar-refractivity contribution is 7.10. The predicted octanol–water partition coefficient (Wildman–Crippen LogP) is 3.85. The molecule has 0 saturated carbocycles. The van der Waals surface area contributed by atoms with Gasteiger partial charge in [-0.3, -0.25) is 4.98 Å². The van der Waals surface area contributed by atoms with Gasteiger partial charge >= 0.3 is 0 Å². The molecule has 0 fully saturated rings. The smallest absolute Gasteiger partial charge is 0.0688 e. The summed E-state index contributed by atoms with van der Waals surface area (Å²) in [5.41, 5.74) is 3.67. The van der Waals surface area contributed by atoms with Crippen molar-refractivity contribution in [1.29, 1.82) is 0 Å². The maximum Gasteiger partial charge on any atom is 0.0688 e. The minimum Gasteiger partial charge on any atom is -0.306 e. The minimum atomic E-state index is 0.276. The summed E-state index contributed by atoms with van der Waals surface area (Å²) in [5, 5.41) is 5.78. The zero-order chi connectivity index (χ0) is 13.0. The van der Waals surface area contributed by atoms with Gasteiger partial charge in [-0.1, -0.05) is 13.0 Å². The van der Waals surface area contributed by atoms with E-state index >= 15 is 0 Å². The van der Waals surface area contributed by atoms with Gasteiger partial charge in [-0.25, -0.2) is 0 Å². The van der Waals surface area contributed by atoms with Crippen molar-refractivity contribution in [2.75, 3.05) is 6.54 Å². The number of nitrogens with zero attached hydrogens (tertiary/aromatic N) is 1. The van der Waals surface area contributed by atoms with Gasteiger partial charge in [-0.05, 0) is 55.5 Å². The zero-order valence-electron chi connectivity index (χ0n) is 11.2. The molecule has 0 radical (unpaired) electrons. The number of aryl methyl sites for hydroxylation is 2. The molecule has 2 nitrogen and oxygen atoms in total. The van der Waals surface area contributed by atoms with E-state index < -0.39 is 0 Å². The van der Waals surface area contributed by atoms with Crippen molar-refractivity contribution in [2.24, 2.45) is 0 Å². The molecule has 2 rings (SSSR count). The highest BCUT2D eigenvalue weighted by Gasteiger charge is 2.16. The molecule has 2 aromatic heterocycles.